The maximum Gasteiger partial charge on any atom is 0.249 e. The summed E-state index contributed by atoms with van der Waals surface area (Å²) in [5, 5.41) is 27.3. The zero-order valence-electron chi connectivity index (χ0n) is 22.4. The highest BCUT2D eigenvalue weighted by molar-refractivity contribution is 7.92. The lowest BCUT2D eigenvalue weighted by Gasteiger charge is -2.31. The monoisotopic (exact) mass is 600 g/mol. The number of phenols is 1. The largest absolute Gasteiger partial charge is 0.506 e. The molecule has 0 bridgehead atoms. The number of nitrogens with one attached hydrogen (secondary N) is 3. The fraction of sp³-hybridized carbons (Fsp3) is 0.214. The van der Waals surface area contributed by atoms with Gasteiger partial charge >= 0.3 is 0 Å². The number of ether oxygens (including phenoxy) is 1. The van der Waals surface area contributed by atoms with E-state index in [9.17, 15) is 23.4 Å². The minimum Gasteiger partial charge on any atom is -0.506 e. The summed E-state index contributed by atoms with van der Waals surface area (Å²) in [5.74, 6) is 0.199. The molecule has 4 rings (SSSR count). The smallest absolute Gasteiger partial charge is 0.249 e. The number of carbonyl (C=O) groups is 1. The Morgan fingerprint density at radius 3 is 2.49 bits per heavy atom. The van der Waals surface area contributed by atoms with Gasteiger partial charge in [0.2, 0.25) is 21.8 Å². The Bertz CT molecular complexity index is 1630. The van der Waals surface area contributed by atoms with Crippen LogP contribution in [0.4, 0.5) is 11.4 Å². The van der Waals surface area contributed by atoms with Crippen LogP contribution in [0.5, 0.6) is 11.5 Å². The molecule has 1 heterocycles. The van der Waals surface area contributed by atoms with Crippen molar-refractivity contribution in [1.29, 1.82) is 0 Å². The first-order chi connectivity index (χ1) is 19.4. The van der Waals surface area contributed by atoms with E-state index >= 15 is 0 Å². The Hall–Kier alpha value is -4.10. The number of phenolic OH excluding ortho intramolecular Hbond substituents is 1. The number of hydrogen-bond donors (Lipinski definition) is 5. The van der Waals surface area contributed by atoms with Gasteiger partial charge in [-0.05, 0) is 60.5 Å². The second kappa shape index (κ2) is 12.2. The summed E-state index contributed by atoms with van der Waals surface area (Å²) in [6, 6.07) is 15.9. The van der Waals surface area contributed by atoms with E-state index in [0.29, 0.717) is 39.0 Å². The van der Waals surface area contributed by atoms with Crippen molar-refractivity contribution in [3.05, 3.63) is 89.3 Å². The number of oxazole rings is 1. The summed E-state index contributed by atoms with van der Waals surface area (Å²) >= 11 is 6.43. The molecule has 5 N–H and O–H groups in total. The van der Waals surface area contributed by atoms with Crippen LogP contribution in [0.3, 0.4) is 0 Å². The average Bonchev–Trinajstić information content (AvgIpc) is 3.47. The Morgan fingerprint density at radius 1 is 1.15 bits per heavy atom. The zero-order valence-corrected chi connectivity index (χ0v) is 24.0. The fourth-order valence-electron chi connectivity index (χ4n) is 4.08. The van der Waals surface area contributed by atoms with Crippen LogP contribution < -0.4 is 20.1 Å². The second-order valence-corrected chi connectivity index (χ2v) is 11.5. The first-order valence-electron chi connectivity index (χ1n) is 12.3. The number of hydrogen-bond acceptors (Lipinski definition) is 9. The summed E-state index contributed by atoms with van der Waals surface area (Å²) in [4.78, 5) is 17.8. The number of amides is 1. The van der Waals surface area contributed by atoms with Gasteiger partial charge in [0.1, 0.15) is 23.3 Å². The van der Waals surface area contributed by atoms with E-state index in [1.165, 1.54) is 37.8 Å². The van der Waals surface area contributed by atoms with Crippen molar-refractivity contribution in [3.63, 3.8) is 0 Å². The minimum absolute atomic E-state index is 0.0789. The van der Waals surface area contributed by atoms with Crippen LogP contribution in [0.2, 0.25) is 5.02 Å². The number of aromatic hydroxyl groups is 1. The lowest BCUT2D eigenvalue weighted by Crippen LogP contribution is -2.50. The van der Waals surface area contributed by atoms with Crippen LogP contribution in [-0.2, 0) is 20.4 Å². The van der Waals surface area contributed by atoms with Gasteiger partial charge in [-0.15, -0.1) is 0 Å². The molecule has 1 unspecified atom stereocenters. The number of halogens is 1. The Morgan fingerprint density at radius 2 is 1.88 bits per heavy atom. The third kappa shape index (κ3) is 7.16. The van der Waals surface area contributed by atoms with Gasteiger partial charge in [0.05, 0.1) is 41.9 Å². The number of sulfonamides is 1. The molecule has 0 saturated carbocycles. The van der Waals surface area contributed by atoms with Gasteiger partial charge in [-0.1, -0.05) is 29.8 Å². The molecule has 13 heteroatoms. The molecule has 216 valence electrons. The SMILES string of the molecule is COc1ccc([C@](C)(NCC(O)c2ccc(O)c(NS(C)(=O)=O)c2)C(=O)Nc2ccc(-c3ncco3)c(Cl)c2)cc1. The van der Waals surface area contributed by atoms with Crippen molar-refractivity contribution in [2.45, 2.75) is 18.6 Å². The highest BCUT2D eigenvalue weighted by Gasteiger charge is 2.36. The molecule has 1 amide bonds. The second-order valence-electron chi connectivity index (χ2n) is 9.39. The van der Waals surface area contributed by atoms with Crippen molar-refractivity contribution in [2.75, 3.05) is 29.9 Å². The Labute approximate surface area is 242 Å². The van der Waals surface area contributed by atoms with Gasteiger partial charge in [0.15, 0.2) is 0 Å². The summed E-state index contributed by atoms with van der Waals surface area (Å²) < 4.78 is 36.1. The predicted octanol–water partition coefficient (Wildman–Crippen LogP) is 4.26. The van der Waals surface area contributed by atoms with Gasteiger partial charge in [-0.2, -0.15) is 0 Å². The molecule has 0 aliphatic carbocycles. The van der Waals surface area contributed by atoms with Crippen LogP contribution in [0.15, 0.2) is 77.5 Å². The van der Waals surface area contributed by atoms with Crippen molar-refractivity contribution >= 4 is 38.9 Å². The molecule has 41 heavy (non-hydrogen) atoms. The van der Waals surface area contributed by atoms with Gasteiger partial charge in [-0.25, -0.2) is 13.4 Å². The molecule has 0 saturated heterocycles. The number of benzene rings is 3. The molecule has 0 spiro atoms. The summed E-state index contributed by atoms with van der Waals surface area (Å²) in [7, 11) is -2.13. The van der Waals surface area contributed by atoms with E-state index in [2.05, 4.69) is 20.3 Å². The summed E-state index contributed by atoms with van der Waals surface area (Å²) in [6.07, 6.45) is 2.71. The number of rotatable bonds is 11. The zero-order chi connectivity index (χ0) is 29.8. The molecule has 2 atom stereocenters. The molecule has 3 aromatic carbocycles. The molecule has 1 aromatic heterocycles. The van der Waals surface area contributed by atoms with Gasteiger partial charge in [0.25, 0.3) is 0 Å². The first-order valence-corrected chi connectivity index (χ1v) is 14.6. The van der Waals surface area contributed by atoms with E-state index in [4.69, 9.17) is 20.8 Å². The van der Waals surface area contributed by atoms with Crippen molar-refractivity contribution < 1.29 is 32.6 Å². The van der Waals surface area contributed by atoms with Crippen LogP contribution in [-0.4, -0.2) is 49.4 Å². The van der Waals surface area contributed by atoms with Crippen LogP contribution >= 0.6 is 11.6 Å². The molecule has 4 aromatic rings. The van der Waals surface area contributed by atoms with E-state index in [1.807, 2.05) is 0 Å². The number of carbonyl (C=O) groups excluding carboxylic acids is 1. The number of anilines is 2. The number of aliphatic hydroxyl groups is 1. The normalized spacial score (nSPS) is 13.7. The Balaban J connectivity index is 1.59. The number of nitrogens with zero attached hydrogens (tertiary/aromatic N) is 1. The first kappa shape index (κ1) is 29.9. The van der Waals surface area contributed by atoms with E-state index < -0.39 is 27.6 Å². The molecule has 0 radical (unpaired) electrons. The Kier molecular flexibility index (Phi) is 8.88. The van der Waals surface area contributed by atoms with Crippen molar-refractivity contribution in [2.24, 2.45) is 0 Å². The third-order valence-electron chi connectivity index (χ3n) is 6.36. The molecular formula is C28H29ClN4O7S. The quantitative estimate of drug-likeness (QED) is 0.158. The third-order valence-corrected chi connectivity index (χ3v) is 7.26. The van der Waals surface area contributed by atoms with Gasteiger partial charge in [-0.3, -0.25) is 14.8 Å². The molecule has 0 aliphatic heterocycles. The minimum atomic E-state index is -3.67. The van der Waals surface area contributed by atoms with E-state index in [0.717, 1.165) is 6.26 Å². The lowest BCUT2D eigenvalue weighted by atomic mass is 9.90. The topological polar surface area (TPSA) is 163 Å². The van der Waals surface area contributed by atoms with Crippen molar-refractivity contribution in [1.82, 2.24) is 10.3 Å². The van der Waals surface area contributed by atoms with Gasteiger partial charge < -0.3 is 24.7 Å². The predicted molar refractivity (Wildman–Crippen MR) is 155 cm³/mol. The fourth-order valence-corrected chi connectivity index (χ4v) is 4.90. The van der Waals surface area contributed by atoms with E-state index in [1.54, 1.807) is 49.4 Å². The number of aliphatic hydroxyl groups excluding tert-OH is 1. The van der Waals surface area contributed by atoms with Crippen LogP contribution in [0.1, 0.15) is 24.2 Å². The van der Waals surface area contributed by atoms with Crippen molar-refractivity contribution in [3.8, 4) is 23.0 Å². The maximum absolute atomic E-state index is 13.7. The number of aromatic nitrogens is 1. The highest BCUT2D eigenvalue weighted by atomic mass is 35.5. The molecule has 11 nitrogen and oxygen atoms in total. The van der Waals surface area contributed by atoms with Gasteiger partial charge in [0, 0.05) is 12.2 Å². The average molecular weight is 601 g/mol. The standard InChI is InChI=1S/C28H29ClN4O7S/c1-28(18-5-8-20(39-2)9-6-18,27(36)32-19-7-10-21(22(29)15-19)26-30-12-13-40-26)31-16-25(35)17-4-11-24(34)23(14-17)33-41(3,37)38/h4-15,25,31,33-35H,16H2,1-3H3,(H,32,36)/t25?,28-/m0/s1. The lowest BCUT2D eigenvalue weighted by molar-refractivity contribution is -0.122. The van der Waals surface area contributed by atoms with Crippen LogP contribution in [0.25, 0.3) is 11.5 Å². The highest BCUT2D eigenvalue weighted by Crippen LogP contribution is 2.32. The van der Waals surface area contributed by atoms with E-state index in [-0.39, 0.29) is 18.0 Å². The molecular weight excluding hydrogens is 572 g/mol. The van der Waals surface area contributed by atoms with Crippen LogP contribution in [0, 0.1) is 0 Å². The molecule has 0 aliphatic rings. The number of methoxy groups -OCH3 is 1. The summed E-state index contributed by atoms with van der Waals surface area (Å²) in [5.41, 5.74) is 0.444. The maximum atomic E-state index is 13.7. The summed E-state index contributed by atoms with van der Waals surface area (Å²) in [6.45, 7) is 1.55. The molecule has 0 fully saturated rings.